The number of carboxylic acids is 2. The monoisotopic (exact) mass is 550 g/mol. The molecule has 4 atom stereocenters. The molecule has 0 spiro atoms. The summed E-state index contributed by atoms with van der Waals surface area (Å²) in [6.07, 6.45) is 0.260. The third-order valence-corrected chi connectivity index (χ3v) is 5.93. The van der Waals surface area contributed by atoms with Crippen LogP contribution in [0, 0.1) is 0 Å². The summed E-state index contributed by atoms with van der Waals surface area (Å²) in [6, 6.07) is 1.82. The molecule has 1 heterocycles. The van der Waals surface area contributed by atoms with Gasteiger partial charge < -0.3 is 42.6 Å². The number of hydrogen-bond donors (Lipinski definition) is 9. The Bertz CT molecular complexity index is 1200. The van der Waals surface area contributed by atoms with Crippen molar-refractivity contribution in [3.63, 3.8) is 0 Å². The first-order chi connectivity index (χ1) is 17.9. The molecule has 206 valence electrons. The van der Waals surface area contributed by atoms with Gasteiger partial charge in [-0.15, -0.1) is 0 Å². The molecule has 10 N–H and O–H groups in total. The molecule has 0 aliphatic rings. The number of aromatic amines is 1. The van der Waals surface area contributed by atoms with Gasteiger partial charge in [-0.25, -0.2) is 4.79 Å². The summed E-state index contributed by atoms with van der Waals surface area (Å²) in [4.78, 5) is 75.2. The zero-order chi connectivity index (χ0) is 28.4. The van der Waals surface area contributed by atoms with Gasteiger partial charge in [0.25, 0.3) is 0 Å². The summed E-state index contributed by atoms with van der Waals surface area (Å²) in [5.41, 5.74) is 12.8. The molecule has 1 aromatic heterocycles. The Balaban J connectivity index is 2.15. The molecule has 1 aromatic carbocycles. The molecular weight excluding hydrogens is 520 g/mol. The van der Waals surface area contributed by atoms with E-state index in [4.69, 9.17) is 21.7 Å². The molecule has 4 amide bonds. The summed E-state index contributed by atoms with van der Waals surface area (Å²) in [7, 11) is 0. The van der Waals surface area contributed by atoms with Gasteiger partial charge in [-0.05, 0) is 24.5 Å². The quantitative estimate of drug-likeness (QED) is 0.114. The van der Waals surface area contributed by atoms with E-state index in [-0.39, 0.29) is 18.6 Å². The van der Waals surface area contributed by atoms with E-state index in [0.29, 0.717) is 0 Å². The lowest BCUT2D eigenvalue weighted by Crippen LogP contribution is -2.58. The number of carbonyl (C=O) groups is 6. The molecule has 0 fully saturated rings. The molecule has 0 saturated carbocycles. The van der Waals surface area contributed by atoms with Crippen LogP contribution in [-0.2, 0) is 35.2 Å². The van der Waals surface area contributed by atoms with E-state index in [1.54, 1.807) is 6.20 Å². The fourth-order valence-electron chi connectivity index (χ4n) is 3.59. The number of benzene rings is 1. The fraction of sp³-hybridized carbons (Fsp3) is 0.391. The second kappa shape index (κ2) is 14.0. The first kappa shape index (κ1) is 30.1. The number of rotatable bonds is 15. The van der Waals surface area contributed by atoms with Crippen LogP contribution in [0.4, 0.5) is 0 Å². The lowest BCUT2D eigenvalue weighted by Gasteiger charge is -2.24. The third kappa shape index (κ3) is 8.77. The Morgan fingerprint density at radius 3 is 2.13 bits per heavy atom. The van der Waals surface area contributed by atoms with E-state index in [2.05, 4.69) is 33.6 Å². The predicted molar refractivity (Wildman–Crippen MR) is 138 cm³/mol. The van der Waals surface area contributed by atoms with Crippen LogP contribution in [0.2, 0.25) is 0 Å². The maximum Gasteiger partial charge on any atom is 0.327 e. The number of aliphatic carboxylic acids is 2. The Hall–Kier alpha value is -4.11. The summed E-state index contributed by atoms with van der Waals surface area (Å²) >= 11 is 3.83. The maximum atomic E-state index is 13.0. The molecule has 15 heteroatoms. The Labute approximate surface area is 222 Å². The van der Waals surface area contributed by atoms with Gasteiger partial charge in [-0.1, -0.05) is 18.2 Å². The van der Waals surface area contributed by atoms with E-state index in [1.807, 2.05) is 24.3 Å². The fourth-order valence-corrected chi connectivity index (χ4v) is 3.83. The number of primary amides is 1. The number of nitrogens with one attached hydrogen (secondary N) is 4. The van der Waals surface area contributed by atoms with Crippen molar-refractivity contribution in [2.24, 2.45) is 11.5 Å². The molecule has 0 aliphatic heterocycles. The molecule has 0 aliphatic carbocycles. The molecule has 2 aromatic rings. The Morgan fingerprint density at radius 1 is 0.921 bits per heavy atom. The number of para-hydroxylation sites is 1. The lowest BCUT2D eigenvalue weighted by atomic mass is 10.0. The highest BCUT2D eigenvalue weighted by Crippen LogP contribution is 2.18. The van der Waals surface area contributed by atoms with Crippen molar-refractivity contribution in [2.45, 2.75) is 49.9 Å². The molecule has 0 saturated heterocycles. The van der Waals surface area contributed by atoms with Gasteiger partial charge in [0.05, 0.1) is 12.5 Å². The van der Waals surface area contributed by atoms with Crippen molar-refractivity contribution >= 4 is 59.1 Å². The van der Waals surface area contributed by atoms with Gasteiger partial charge in [0, 0.05) is 29.3 Å². The van der Waals surface area contributed by atoms with Gasteiger partial charge >= 0.3 is 11.9 Å². The van der Waals surface area contributed by atoms with Crippen molar-refractivity contribution in [3.8, 4) is 0 Å². The number of nitrogens with two attached hydrogens (primary N) is 2. The van der Waals surface area contributed by atoms with Crippen LogP contribution in [0.5, 0.6) is 0 Å². The van der Waals surface area contributed by atoms with Crippen molar-refractivity contribution in [1.29, 1.82) is 0 Å². The van der Waals surface area contributed by atoms with Gasteiger partial charge in [-0.3, -0.25) is 24.0 Å². The molecule has 4 unspecified atom stereocenters. The number of aromatic nitrogens is 1. The molecular formula is C23H30N6O8S. The zero-order valence-corrected chi connectivity index (χ0v) is 21.1. The maximum absolute atomic E-state index is 13.0. The number of hydrogen-bond acceptors (Lipinski definition) is 8. The largest absolute Gasteiger partial charge is 0.481 e. The normalized spacial score (nSPS) is 14.1. The Morgan fingerprint density at radius 2 is 1.53 bits per heavy atom. The highest BCUT2D eigenvalue weighted by Gasteiger charge is 2.31. The number of carbonyl (C=O) groups excluding carboxylic acids is 4. The number of fused-ring (bicyclic) bond motifs is 1. The average molecular weight is 551 g/mol. The minimum Gasteiger partial charge on any atom is -0.481 e. The van der Waals surface area contributed by atoms with Crippen LogP contribution in [0.15, 0.2) is 30.5 Å². The third-order valence-electron chi connectivity index (χ3n) is 5.57. The van der Waals surface area contributed by atoms with Crippen LogP contribution >= 0.6 is 12.6 Å². The van der Waals surface area contributed by atoms with Crippen LogP contribution in [0.25, 0.3) is 10.9 Å². The van der Waals surface area contributed by atoms with E-state index >= 15 is 0 Å². The summed E-state index contributed by atoms with van der Waals surface area (Å²) in [5, 5.41) is 25.8. The van der Waals surface area contributed by atoms with Crippen molar-refractivity contribution in [2.75, 3.05) is 5.75 Å². The second-order valence-electron chi connectivity index (χ2n) is 8.48. The predicted octanol–water partition coefficient (Wildman–Crippen LogP) is -1.75. The summed E-state index contributed by atoms with van der Waals surface area (Å²) < 4.78 is 0. The van der Waals surface area contributed by atoms with E-state index in [1.165, 1.54) is 0 Å². The van der Waals surface area contributed by atoms with Crippen molar-refractivity contribution < 1.29 is 39.0 Å². The van der Waals surface area contributed by atoms with Crippen molar-refractivity contribution in [1.82, 2.24) is 20.9 Å². The number of amides is 4. The van der Waals surface area contributed by atoms with Crippen LogP contribution in [-0.4, -0.2) is 80.7 Å². The molecule has 2 rings (SSSR count). The zero-order valence-electron chi connectivity index (χ0n) is 20.2. The standard InChI is InChI=1S/C23H30N6O8S/c24-13(7-11-9-26-14-4-2-1-3-12(11)14)20(33)27-15(5-6-19(31)32)21(34)28-16(8-18(25)30)22(35)29-17(10-38)23(36)37/h1-4,9,13,15-17,26,38H,5-8,10,24H2,(H2,25,30)(H,27,33)(H,28,34)(H,29,35)(H,31,32)(H,36,37). The smallest absolute Gasteiger partial charge is 0.327 e. The summed E-state index contributed by atoms with van der Waals surface area (Å²) in [6.45, 7) is 0. The van der Waals surface area contributed by atoms with Crippen LogP contribution in [0.1, 0.15) is 24.8 Å². The first-order valence-corrected chi connectivity index (χ1v) is 12.1. The SMILES string of the molecule is NC(=O)CC(NC(=O)C(CCC(=O)O)NC(=O)C(N)Cc1c[nH]c2ccccc12)C(=O)NC(CS)C(=O)O. The number of thiol groups is 1. The van der Waals surface area contributed by atoms with E-state index in [0.717, 1.165) is 16.5 Å². The molecule has 0 bridgehead atoms. The topological polar surface area (TPSA) is 247 Å². The van der Waals surface area contributed by atoms with E-state index < -0.39 is 72.6 Å². The van der Waals surface area contributed by atoms with Crippen LogP contribution < -0.4 is 27.4 Å². The van der Waals surface area contributed by atoms with Gasteiger partial charge in [0.15, 0.2) is 0 Å². The number of H-pyrrole nitrogens is 1. The minimum absolute atomic E-state index is 0.107. The van der Waals surface area contributed by atoms with Crippen molar-refractivity contribution in [3.05, 3.63) is 36.0 Å². The lowest BCUT2D eigenvalue weighted by molar-refractivity contribution is -0.141. The van der Waals surface area contributed by atoms with Gasteiger partial charge in [-0.2, -0.15) is 12.6 Å². The number of carboxylic acid groups (broad SMARTS) is 2. The Kier molecular flexibility index (Phi) is 11.1. The molecule has 0 radical (unpaired) electrons. The average Bonchev–Trinajstić information content (AvgIpc) is 3.26. The summed E-state index contributed by atoms with van der Waals surface area (Å²) in [5.74, 6) is -6.66. The highest BCUT2D eigenvalue weighted by molar-refractivity contribution is 7.80. The van der Waals surface area contributed by atoms with Gasteiger partial charge in [0.2, 0.25) is 23.6 Å². The van der Waals surface area contributed by atoms with Crippen LogP contribution in [0.3, 0.4) is 0 Å². The molecule has 14 nitrogen and oxygen atoms in total. The highest BCUT2D eigenvalue weighted by atomic mass is 32.1. The minimum atomic E-state index is -1.59. The van der Waals surface area contributed by atoms with E-state index in [9.17, 15) is 28.8 Å². The van der Waals surface area contributed by atoms with Gasteiger partial charge in [0.1, 0.15) is 18.1 Å². The second-order valence-corrected chi connectivity index (χ2v) is 8.84. The molecule has 38 heavy (non-hydrogen) atoms. The first-order valence-electron chi connectivity index (χ1n) is 11.5.